The fourth-order valence-corrected chi connectivity index (χ4v) is 3.66. The summed E-state index contributed by atoms with van der Waals surface area (Å²) in [4.78, 5) is 29.7. The standard InChI is InChI=1S/C22H20ClN7O3/c1-33-18-6-3-13(23)9-15(18)20-17(11-29(28-20)12-19(31)26-14-4-5-14)27-22(32)16-10-25-30-8-2-7-24-21(16)30/h2-3,6-11,14H,4-5,12H2,1H3,(H,26,31)(H,27,32). The van der Waals surface area contributed by atoms with Crippen molar-refractivity contribution in [1.29, 1.82) is 0 Å². The summed E-state index contributed by atoms with van der Waals surface area (Å²) in [5, 5.41) is 15.0. The number of rotatable bonds is 7. The molecule has 11 heteroatoms. The number of carbonyl (C=O) groups excluding carboxylic acids is 2. The van der Waals surface area contributed by atoms with Gasteiger partial charge in [-0.25, -0.2) is 9.50 Å². The van der Waals surface area contributed by atoms with E-state index >= 15 is 0 Å². The number of methoxy groups -OCH3 is 1. The Kier molecular flexibility index (Phi) is 5.43. The normalized spacial score (nSPS) is 13.2. The molecule has 1 aromatic carbocycles. The highest BCUT2D eigenvalue weighted by atomic mass is 35.5. The number of amides is 2. The van der Waals surface area contributed by atoms with E-state index in [9.17, 15) is 9.59 Å². The van der Waals surface area contributed by atoms with E-state index in [0.29, 0.717) is 38.9 Å². The van der Waals surface area contributed by atoms with Crippen molar-refractivity contribution in [2.45, 2.75) is 25.4 Å². The van der Waals surface area contributed by atoms with Crippen LogP contribution in [0.5, 0.6) is 5.75 Å². The smallest absolute Gasteiger partial charge is 0.261 e. The first-order valence-electron chi connectivity index (χ1n) is 10.3. The third kappa shape index (κ3) is 4.37. The van der Waals surface area contributed by atoms with Crippen LogP contribution in [0, 0.1) is 0 Å². The maximum atomic E-state index is 13.1. The van der Waals surface area contributed by atoms with Gasteiger partial charge < -0.3 is 15.4 Å². The zero-order valence-corrected chi connectivity index (χ0v) is 18.4. The van der Waals surface area contributed by atoms with Crippen molar-refractivity contribution in [2.24, 2.45) is 0 Å². The van der Waals surface area contributed by atoms with Crippen LogP contribution in [0.1, 0.15) is 23.2 Å². The number of hydrogen-bond donors (Lipinski definition) is 2. The molecule has 0 aliphatic heterocycles. The molecule has 0 spiro atoms. The molecule has 1 aliphatic carbocycles. The Morgan fingerprint density at radius 2 is 2.15 bits per heavy atom. The SMILES string of the molecule is COc1ccc(Cl)cc1-c1nn(CC(=O)NC2CC2)cc1NC(=O)c1cnn2cccnc12. The fourth-order valence-electron chi connectivity index (χ4n) is 3.48. The molecule has 2 amide bonds. The Morgan fingerprint density at radius 1 is 1.30 bits per heavy atom. The summed E-state index contributed by atoms with van der Waals surface area (Å²) < 4.78 is 8.47. The largest absolute Gasteiger partial charge is 0.496 e. The zero-order valence-electron chi connectivity index (χ0n) is 17.7. The van der Waals surface area contributed by atoms with Crippen molar-refractivity contribution in [3.63, 3.8) is 0 Å². The number of benzene rings is 1. The first-order chi connectivity index (χ1) is 16.0. The van der Waals surface area contributed by atoms with Gasteiger partial charge in [-0.2, -0.15) is 10.2 Å². The monoisotopic (exact) mass is 465 g/mol. The van der Waals surface area contributed by atoms with Gasteiger partial charge in [0, 0.05) is 35.2 Å². The second-order valence-corrected chi connectivity index (χ2v) is 8.11. The van der Waals surface area contributed by atoms with Gasteiger partial charge in [0.15, 0.2) is 5.65 Å². The van der Waals surface area contributed by atoms with Crippen LogP contribution in [-0.4, -0.2) is 49.3 Å². The summed E-state index contributed by atoms with van der Waals surface area (Å²) in [5.74, 6) is -0.0255. The van der Waals surface area contributed by atoms with Crippen LogP contribution in [0.3, 0.4) is 0 Å². The van der Waals surface area contributed by atoms with Crippen LogP contribution >= 0.6 is 11.6 Å². The Bertz CT molecular complexity index is 1360. The van der Waals surface area contributed by atoms with Gasteiger partial charge in [0.2, 0.25) is 5.91 Å². The lowest BCUT2D eigenvalue weighted by atomic mass is 10.1. The van der Waals surface area contributed by atoms with Crippen molar-refractivity contribution < 1.29 is 14.3 Å². The molecule has 0 saturated heterocycles. The molecule has 5 rings (SSSR count). The summed E-state index contributed by atoms with van der Waals surface area (Å²) in [7, 11) is 1.54. The highest BCUT2D eigenvalue weighted by Gasteiger charge is 2.25. The van der Waals surface area contributed by atoms with E-state index in [4.69, 9.17) is 16.3 Å². The van der Waals surface area contributed by atoms with Gasteiger partial charge in [-0.3, -0.25) is 14.3 Å². The number of anilines is 1. The summed E-state index contributed by atoms with van der Waals surface area (Å²) in [6.07, 6.45) is 8.34. The minimum Gasteiger partial charge on any atom is -0.496 e. The van der Waals surface area contributed by atoms with Crippen LogP contribution in [0.2, 0.25) is 5.02 Å². The van der Waals surface area contributed by atoms with E-state index < -0.39 is 5.91 Å². The summed E-state index contributed by atoms with van der Waals surface area (Å²) in [6, 6.07) is 7.08. The van der Waals surface area contributed by atoms with Gasteiger partial charge in [-0.15, -0.1) is 0 Å². The average molecular weight is 466 g/mol. The van der Waals surface area contributed by atoms with E-state index in [1.54, 1.807) is 42.9 Å². The number of aromatic nitrogens is 5. The van der Waals surface area contributed by atoms with Gasteiger partial charge >= 0.3 is 0 Å². The molecule has 0 atom stereocenters. The number of halogens is 1. The van der Waals surface area contributed by atoms with Crippen molar-refractivity contribution in [1.82, 2.24) is 29.7 Å². The molecule has 2 N–H and O–H groups in total. The van der Waals surface area contributed by atoms with Crippen molar-refractivity contribution in [3.05, 3.63) is 59.6 Å². The van der Waals surface area contributed by atoms with Crippen molar-refractivity contribution >= 4 is 34.7 Å². The molecule has 3 heterocycles. The van der Waals surface area contributed by atoms with Crippen LogP contribution in [-0.2, 0) is 11.3 Å². The molecular weight excluding hydrogens is 446 g/mol. The lowest BCUT2D eigenvalue weighted by Crippen LogP contribution is -2.29. The predicted molar refractivity (Wildman–Crippen MR) is 121 cm³/mol. The van der Waals surface area contributed by atoms with Crippen molar-refractivity contribution in [3.8, 4) is 17.0 Å². The van der Waals surface area contributed by atoms with Gasteiger partial charge in [0.1, 0.15) is 23.6 Å². The maximum Gasteiger partial charge on any atom is 0.261 e. The third-order valence-electron chi connectivity index (χ3n) is 5.20. The number of hydrogen-bond acceptors (Lipinski definition) is 6. The van der Waals surface area contributed by atoms with E-state index in [0.717, 1.165) is 12.8 Å². The summed E-state index contributed by atoms with van der Waals surface area (Å²) in [6.45, 7) is 0.0144. The minimum absolute atomic E-state index is 0.0144. The minimum atomic E-state index is -0.409. The summed E-state index contributed by atoms with van der Waals surface area (Å²) >= 11 is 6.22. The molecule has 0 radical (unpaired) electrons. The molecule has 168 valence electrons. The van der Waals surface area contributed by atoms with Crippen LogP contribution in [0.4, 0.5) is 5.69 Å². The Morgan fingerprint density at radius 3 is 2.94 bits per heavy atom. The molecule has 1 fully saturated rings. The van der Waals surface area contributed by atoms with Crippen molar-refractivity contribution in [2.75, 3.05) is 12.4 Å². The average Bonchev–Trinajstić information content (AvgIpc) is 3.36. The van der Waals surface area contributed by atoms with E-state index in [1.165, 1.54) is 22.5 Å². The van der Waals surface area contributed by atoms with E-state index in [2.05, 4.69) is 25.8 Å². The second-order valence-electron chi connectivity index (χ2n) is 7.68. The Labute approximate surface area is 193 Å². The number of nitrogens with one attached hydrogen (secondary N) is 2. The molecule has 0 unspecified atom stereocenters. The highest BCUT2D eigenvalue weighted by Crippen LogP contribution is 2.36. The quantitative estimate of drug-likeness (QED) is 0.433. The van der Waals surface area contributed by atoms with Gasteiger partial charge in [0.25, 0.3) is 5.91 Å². The topological polar surface area (TPSA) is 115 Å². The van der Waals surface area contributed by atoms with Crippen LogP contribution in [0.15, 0.2) is 49.1 Å². The first kappa shape index (κ1) is 21.0. The summed E-state index contributed by atoms with van der Waals surface area (Å²) in [5.41, 5.74) is 2.13. The first-order valence-corrected chi connectivity index (χ1v) is 10.7. The van der Waals surface area contributed by atoms with Crippen LogP contribution < -0.4 is 15.4 Å². The molecule has 0 bridgehead atoms. The van der Waals surface area contributed by atoms with E-state index in [1.807, 2.05) is 0 Å². The molecule has 1 aliphatic rings. The number of fused-ring (bicyclic) bond motifs is 1. The second kappa shape index (κ2) is 8.55. The molecule has 4 aromatic rings. The van der Waals surface area contributed by atoms with Crippen LogP contribution in [0.25, 0.3) is 16.9 Å². The van der Waals surface area contributed by atoms with Gasteiger partial charge in [-0.1, -0.05) is 11.6 Å². The zero-order chi connectivity index (χ0) is 22.9. The molecule has 33 heavy (non-hydrogen) atoms. The number of carbonyl (C=O) groups is 2. The fraction of sp³-hybridized carbons (Fsp3) is 0.227. The Balaban J connectivity index is 1.51. The lowest BCUT2D eigenvalue weighted by Gasteiger charge is -2.09. The van der Waals surface area contributed by atoms with E-state index in [-0.39, 0.29) is 18.5 Å². The number of ether oxygens (including phenoxy) is 1. The molecule has 3 aromatic heterocycles. The molecule has 10 nitrogen and oxygen atoms in total. The van der Waals surface area contributed by atoms with Gasteiger partial charge in [-0.05, 0) is 37.1 Å². The highest BCUT2D eigenvalue weighted by molar-refractivity contribution is 6.31. The maximum absolute atomic E-state index is 13.1. The molecular formula is C22H20ClN7O3. The third-order valence-corrected chi connectivity index (χ3v) is 5.43. The van der Waals surface area contributed by atoms with Gasteiger partial charge in [0.05, 0.1) is 19.0 Å². The lowest BCUT2D eigenvalue weighted by molar-refractivity contribution is -0.122. The molecule has 1 saturated carbocycles. The number of nitrogens with zero attached hydrogens (tertiary/aromatic N) is 5. The predicted octanol–water partition coefficient (Wildman–Crippen LogP) is 2.79. The Hall–Kier alpha value is -3.92.